The molecule has 0 aliphatic heterocycles. The van der Waals surface area contributed by atoms with Crippen molar-refractivity contribution in [1.82, 2.24) is 0 Å². The molecule has 3 nitrogen and oxygen atoms in total. The van der Waals surface area contributed by atoms with E-state index in [0.717, 1.165) is 24.1 Å². The number of hydrogen-bond acceptors (Lipinski definition) is 2. The highest BCUT2D eigenvalue weighted by Crippen LogP contribution is 2.26. The number of nitrogens with one attached hydrogen (secondary N) is 1. The van der Waals surface area contributed by atoms with Crippen LogP contribution < -0.4 is 11.1 Å². The zero-order valence-electron chi connectivity index (χ0n) is 12.3. The zero-order chi connectivity index (χ0) is 13.8. The molecular formula is C16H25ClN2O. The molecule has 1 aromatic rings. The lowest BCUT2D eigenvalue weighted by molar-refractivity contribution is -0.117. The van der Waals surface area contributed by atoms with Crippen molar-refractivity contribution in [2.75, 3.05) is 5.32 Å². The number of aryl methyl sites for hydroxylation is 1. The van der Waals surface area contributed by atoms with E-state index in [1.165, 1.54) is 18.4 Å². The minimum Gasteiger partial charge on any atom is -0.327 e. The standard InChI is InChI=1S/C16H24N2O.ClH/c1-11-6-5-9-15(12(11)2)18-16(19)10-13-7-3-4-8-14(13)17;/h5-6,9,13-14H,3-4,7-8,10,17H2,1-2H3,(H,18,19);1H. The van der Waals surface area contributed by atoms with Gasteiger partial charge in [0.05, 0.1) is 0 Å². The molecule has 0 heterocycles. The third kappa shape index (κ3) is 4.22. The first-order valence-electron chi connectivity index (χ1n) is 7.19. The SMILES string of the molecule is Cc1cccc(NC(=O)CC2CCCCC2N)c1C.Cl. The molecule has 4 heteroatoms. The number of anilines is 1. The summed E-state index contributed by atoms with van der Waals surface area (Å²) in [6.45, 7) is 4.10. The molecule has 1 fully saturated rings. The van der Waals surface area contributed by atoms with E-state index < -0.39 is 0 Å². The summed E-state index contributed by atoms with van der Waals surface area (Å²) in [6, 6.07) is 6.19. The van der Waals surface area contributed by atoms with Crippen LogP contribution in [0.15, 0.2) is 18.2 Å². The number of halogens is 1. The molecule has 1 saturated carbocycles. The molecule has 2 atom stereocenters. The number of rotatable bonds is 3. The van der Waals surface area contributed by atoms with E-state index in [2.05, 4.69) is 18.3 Å². The Labute approximate surface area is 127 Å². The van der Waals surface area contributed by atoms with Crippen molar-refractivity contribution >= 4 is 24.0 Å². The molecule has 1 aliphatic rings. The summed E-state index contributed by atoms with van der Waals surface area (Å²) in [5.41, 5.74) is 9.36. The Morgan fingerprint density at radius 1 is 1.30 bits per heavy atom. The van der Waals surface area contributed by atoms with Crippen LogP contribution in [-0.2, 0) is 4.79 Å². The van der Waals surface area contributed by atoms with Gasteiger partial charge in [-0.1, -0.05) is 25.0 Å². The molecule has 0 aromatic heterocycles. The maximum Gasteiger partial charge on any atom is 0.224 e. The van der Waals surface area contributed by atoms with Crippen LogP contribution in [0.3, 0.4) is 0 Å². The number of benzene rings is 1. The number of hydrogen-bond donors (Lipinski definition) is 2. The Bertz CT molecular complexity index is 462. The molecule has 0 spiro atoms. The summed E-state index contributed by atoms with van der Waals surface area (Å²) in [5, 5.41) is 3.02. The first kappa shape index (κ1) is 17.0. The molecule has 0 saturated heterocycles. The first-order valence-corrected chi connectivity index (χ1v) is 7.19. The van der Waals surface area contributed by atoms with Gasteiger partial charge in [0.2, 0.25) is 5.91 Å². The molecule has 1 aliphatic carbocycles. The van der Waals surface area contributed by atoms with Crippen LogP contribution in [0.1, 0.15) is 43.2 Å². The predicted octanol–water partition coefficient (Wildman–Crippen LogP) is 3.57. The maximum absolute atomic E-state index is 12.1. The average molecular weight is 297 g/mol. The van der Waals surface area contributed by atoms with Gasteiger partial charge in [-0.25, -0.2) is 0 Å². The van der Waals surface area contributed by atoms with E-state index in [0.29, 0.717) is 12.3 Å². The van der Waals surface area contributed by atoms with Gasteiger partial charge in [0, 0.05) is 18.2 Å². The van der Waals surface area contributed by atoms with Crippen LogP contribution >= 0.6 is 12.4 Å². The normalized spacial score (nSPS) is 21.9. The minimum absolute atomic E-state index is 0. The third-order valence-electron chi connectivity index (χ3n) is 4.29. The Morgan fingerprint density at radius 2 is 2.00 bits per heavy atom. The summed E-state index contributed by atoms with van der Waals surface area (Å²) in [5.74, 6) is 0.440. The highest BCUT2D eigenvalue weighted by molar-refractivity contribution is 5.91. The van der Waals surface area contributed by atoms with Crippen LogP contribution in [0.5, 0.6) is 0 Å². The lowest BCUT2D eigenvalue weighted by atomic mass is 9.83. The second-order valence-electron chi connectivity index (χ2n) is 5.71. The second-order valence-corrected chi connectivity index (χ2v) is 5.71. The quantitative estimate of drug-likeness (QED) is 0.896. The number of carbonyl (C=O) groups is 1. The molecule has 1 amide bonds. The van der Waals surface area contributed by atoms with Gasteiger partial charge in [-0.3, -0.25) is 4.79 Å². The van der Waals surface area contributed by atoms with Gasteiger partial charge >= 0.3 is 0 Å². The molecule has 2 rings (SSSR count). The van der Waals surface area contributed by atoms with Crippen molar-refractivity contribution in [1.29, 1.82) is 0 Å². The van der Waals surface area contributed by atoms with E-state index in [1.54, 1.807) is 0 Å². The fourth-order valence-corrected chi connectivity index (χ4v) is 2.82. The summed E-state index contributed by atoms with van der Waals surface area (Å²) in [7, 11) is 0. The maximum atomic E-state index is 12.1. The van der Waals surface area contributed by atoms with Gasteiger partial charge in [-0.2, -0.15) is 0 Å². The lowest BCUT2D eigenvalue weighted by Crippen LogP contribution is -2.35. The van der Waals surface area contributed by atoms with Gasteiger partial charge in [0.15, 0.2) is 0 Å². The van der Waals surface area contributed by atoms with Crippen molar-refractivity contribution in [2.45, 2.75) is 52.0 Å². The van der Waals surface area contributed by atoms with Crippen molar-refractivity contribution < 1.29 is 4.79 Å². The van der Waals surface area contributed by atoms with Gasteiger partial charge in [0.1, 0.15) is 0 Å². The van der Waals surface area contributed by atoms with Gasteiger partial charge in [-0.15, -0.1) is 12.4 Å². The van der Waals surface area contributed by atoms with Crippen LogP contribution in [0, 0.1) is 19.8 Å². The average Bonchev–Trinajstić information content (AvgIpc) is 2.38. The third-order valence-corrected chi connectivity index (χ3v) is 4.29. The molecular weight excluding hydrogens is 272 g/mol. The van der Waals surface area contributed by atoms with Crippen LogP contribution in [0.25, 0.3) is 0 Å². The molecule has 2 unspecified atom stereocenters. The van der Waals surface area contributed by atoms with Crippen molar-refractivity contribution in [3.63, 3.8) is 0 Å². The molecule has 1 aromatic carbocycles. The monoisotopic (exact) mass is 296 g/mol. The summed E-state index contributed by atoms with van der Waals surface area (Å²) in [4.78, 5) is 12.1. The Hall–Kier alpha value is -1.06. The number of nitrogens with two attached hydrogens (primary N) is 1. The molecule has 3 N–H and O–H groups in total. The van der Waals surface area contributed by atoms with Gasteiger partial charge in [-0.05, 0) is 49.8 Å². The minimum atomic E-state index is 0. The van der Waals surface area contributed by atoms with E-state index in [4.69, 9.17) is 5.73 Å². The Balaban J connectivity index is 0.00000200. The molecule has 0 bridgehead atoms. The predicted molar refractivity (Wildman–Crippen MR) is 86.3 cm³/mol. The van der Waals surface area contributed by atoms with E-state index in [-0.39, 0.29) is 24.4 Å². The zero-order valence-corrected chi connectivity index (χ0v) is 13.1. The Kier molecular flexibility index (Phi) is 6.50. The van der Waals surface area contributed by atoms with Crippen LogP contribution in [0.4, 0.5) is 5.69 Å². The molecule has 20 heavy (non-hydrogen) atoms. The summed E-state index contributed by atoms with van der Waals surface area (Å²) < 4.78 is 0. The van der Waals surface area contributed by atoms with Crippen LogP contribution in [-0.4, -0.2) is 11.9 Å². The highest BCUT2D eigenvalue weighted by Gasteiger charge is 2.24. The van der Waals surface area contributed by atoms with Gasteiger partial charge < -0.3 is 11.1 Å². The first-order chi connectivity index (χ1) is 9.08. The number of amides is 1. The highest BCUT2D eigenvalue weighted by atomic mass is 35.5. The van der Waals surface area contributed by atoms with Crippen molar-refractivity contribution in [2.24, 2.45) is 11.7 Å². The second kappa shape index (κ2) is 7.65. The lowest BCUT2D eigenvalue weighted by Gasteiger charge is -2.28. The van der Waals surface area contributed by atoms with E-state index in [1.807, 2.05) is 19.1 Å². The smallest absolute Gasteiger partial charge is 0.224 e. The molecule has 0 radical (unpaired) electrons. The summed E-state index contributed by atoms with van der Waals surface area (Å²) in [6.07, 6.45) is 5.10. The fraction of sp³-hybridized carbons (Fsp3) is 0.562. The summed E-state index contributed by atoms with van der Waals surface area (Å²) >= 11 is 0. The van der Waals surface area contributed by atoms with E-state index >= 15 is 0 Å². The van der Waals surface area contributed by atoms with E-state index in [9.17, 15) is 4.79 Å². The largest absolute Gasteiger partial charge is 0.327 e. The van der Waals surface area contributed by atoms with Crippen molar-refractivity contribution in [3.05, 3.63) is 29.3 Å². The number of carbonyl (C=O) groups excluding carboxylic acids is 1. The van der Waals surface area contributed by atoms with Crippen LogP contribution in [0.2, 0.25) is 0 Å². The fourth-order valence-electron chi connectivity index (χ4n) is 2.82. The van der Waals surface area contributed by atoms with Crippen molar-refractivity contribution in [3.8, 4) is 0 Å². The topological polar surface area (TPSA) is 55.1 Å². The Morgan fingerprint density at radius 3 is 2.70 bits per heavy atom. The molecule has 112 valence electrons. The van der Waals surface area contributed by atoms with Gasteiger partial charge in [0.25, 0.3) is 0 Å².